The molecule has 0 unspecified atom stereocenters. The lowest BCUT2D eigenvalue weighted by atomic mass is 10.2. The minimum absolute atomic E-state index is 0.259. The second-order valence-electron chi connectivity index (χ2n) is 6.86. The molecule has 0 aromatic heterocycles. The largest absolute Gasteiger partial charge is 0.491 e. The van der Waals surface area contributed by atoms with Gasteiger partial charge >= 0.3 is 11.9 Å². The maximum Gasteiger partial charge on any atom is 0.343 e. The summed E-state index contributed by atoms with van der Waals surface area (Å²) in [5.74, 6) is -0.205. The zero-order valence-electron chi connectivity index (χ0n) is 18.0. The average Bonchev–Trinajstić information content (AvgIpc) is 2.83. The Labute approximate surface area is 187 Å². The van der Waals surface area contributed by atoms with Crippen molar-refractivity contribution < 1.29 is 28.5 Å². The van der Waals surface area contributed by atoms with E-state index in [1.54, 1.807) is 42.5 Å². The summed E-state index contributed by atoms with van der Waals surface area (Å²) in [4.78, 5) is 24.9. The Kier molecular flexibility index (Phi) is 8.83. The molecular weight excluding hydrogens is 408 g/mol. The predicted octanol–water partition coefficient (Wildman–Crippen LogP) is 4.72. The first kappa shape index (κ1) is 23.0. The lowest BCUT2D eigenvalue weighted by molar-refractivity contribution is 0.0507. The van der Waals surface area contributed by atoms with E-state index < -0.39 is 11.9 Å². The molecule has 3 aromatic carbocycles. The molecule has 0 bridgehead atoms. The Morgan fingerprint density at radius 1 is 0.719 bits per heavy atom. The third kappa shape index (κ3) is 7.25. The SMILES string of the molecule is CCOCCOc1cccc(C(=O)Oc2cccc(C(=O)OCCc3ccccc3)c2)c1. The topological polar surface area (TPSA) is 71.1 Å². The molecule has 0 saturated carbocycles. The first-order valence-corrected chi connectivity index (χ1v) is 10.5. The zero-order valence-corrected chi connectivity index (χ0v) is 18.0. The molecular formula is C26H26O6. The van der Waals surface area contributed by atoms with Crippen molar-refractivity contribution in [3.8, 4) is 11.5 Å². The maximum absolute atomic E-state index is 12.5. The molecule has 0 aliphatic carbocycles. The summed E-state index contributed by atoms with van der Waals surface area (Å²) in [5, 5.41) is 0. The molecule has 6 nitrogen and oxygen atoms in total. The van der Waals surface area contributed by atoms with Crippen LogP contribution in [-0.2, 0) is 15.9 Å². The van der Waals surface area contributed by atoms with Crippen molar-refractivity contribution in [1.29, 1.82) is 0 Å². The van der Waals surface area contributed by atoms with Crippen LogP contribution in [0.3, 0.4) is 0 Å². The Hall–Kier alpha value is -3.64. The molecule has 0 aliphatic heterocycles. The summed E-state index contributed by atoms with van der Waals surface area (Å²) in [6.45, 7) is 3.66. The molecule has 0 heterocycles. The van der Waals surface area contributed by atoms with Crippen LogP contribution in [0.5, 0.6) is 11.5 Å². The smallest absolute Gasteiger partial charge is 0.343 e. The number of carbonyl (C=O) groups excluding carboxylic acids is 2. The van der Waals surface area contributed by atoms with Gasteiger partial charge in [0.2, 0.25) is 0 Å². The molecule has 0 saturated heterocycles. The van der Waals surface area contributed by atoms with E-state index in [9.17, 15) is 9.59 Å². The summed E-state index contributed by atoms with van der Waals surface area (Å²) in [7, 11) is 0. The van der Waals surface area contributed by atoms with Gasteiger partial charge in [-0.2, -0.15) is 0 Å². The highest BCUT2D eigenvalue weighted by Gasteiger charge is 2.13. The van der Waals surface area contributed by atoms with Gasteiger partial charge in [-0.15, -0.1) is 0 Å². The van der Waals surface area contributed by atoms with Crippen molar-refractivity contribution >= 4 is 11.9 Å². The van der Waals surface area contributed by atoms with Crippen molar-refractivity contribution in [1.82, 2.24) is 0 Å². The third-order valence-electron chi connectivity index (χ3n) is 4.52. The van der Waals surface area contributed by atoms with Gasteiger partial charge in [0.1, 0.15) is 18.1 Å². The van der Waals surface area contributed by atoms with Crippen LogP contribution in [-0.4, -0.2) is 38.4 Å². The van der Waals surface area contributed by atoms with E-state index in [1.165, 1.54) is 6.07 Å². The molecule has 3 aromatic rings. The Bertz CT molecular complexity index is 1020. The molecule has 0 amide bonds. The van der Waals surface area contributed by atoms with E-state index in [0.29, 0.717) is 43.1 Å². The Morgan fingerprint density at radius 2 is 1.41 bits per heavy atom. The highest BCUT2D eigenvalue weighted by atomic mass is 16.5. The quantitative estimate of drug-likeness (QED) is 0.247. The van der Waals surface area contributed by atoms with E-state index in [1.807, 2.05) is 37.3 Å². The van der Waals surface area contributed by atoms with Crippen molar-refractivity contribution in [3.63, 3.8) is 0 Å². The number of benzene rings is 3. The maximum atomic E-state index is 12.5. The molecule has 0 aliphatic rings. The number of esters is 2. The molecule has 0 atom stereocenters. The van der Waals surface area contributed by atoms with Crippen molar-refractivity contribution in [2.24, 2.45) is 0 Å². The molecule has 0 fully saturated rings. The number of hydrogen-bond donors (Lipinski definition) is 0. The lowest BCUT2D eigenvalue weighted by Gasteiger charge is -2.09. The van der Waals surface area contributed by atoms with Gasteiger partial charge in [0, 0.05) is 13.0 Å². The Balaban J connectivity index is 1.54. The highest BCUT2D eigenvalue weighted by molar-refractivity contribution is 5.93. The van der Waals surface area contributed by atoms with Crippen LogP contribution in [0.25, 0.3) is 0 Å². The normalized spacial score (nSPS) is 10.4. The van der Waals surface area contributed by atoms with Gasteiger partial charge in [0.15, 0.2) is 0 Å². The summed E-state index contributed by atoms with van der Waals surface area (Å²) in [6, 6.07) is 22.9. The summed E-state index contributed by atoms with van der Waals surface area (Å²) in [5.41, 5.74) is 1.75. The van der Waals surface area contributed by atoms with Gasteiger partial charge in [-0.3, -0.25) is 0 Å². The monoisotopic (exact) mass is 434 g/mol. The van der Waals surface area contributed by atoms with Crippen LogP contribution < -0.4 is 9.47 Å². The highest BCUT2D eigenvalue weighted by Crippen LogP contribution is 2.19. The van der Waals surface area contributed by atoms with E-state index in [2.05, 4.69) is 0 Å². The van der Waals surface area contributed by atoms with Gasteiger partial charge in [-0.1, -0.05) is 42.5 Å². The second-order valence-corrected chi connectivity index (χ2v) is 6.86. The fraction of sp³-hybridized carbons (Fsp3) is 0.231. The van der Waals surface area contributed by atoms with Gasteiger partial charge in [-0.05, 0) is 48.9 Å². The van der Waals surface area contributed by atoms with Crippen LogP contribution in [0.4, 0.5) is 0 Å². The lowest BCUT2D eigenvalue weighted by Crippen LogP contribution is -2.11. The van der Waals surface area contributed by atoms with Gasteiger partial charge in [0.25, 0.3) is 0 Å². The van der Waals surface area contributed by atoms with Crippen LogP contribution in [0.2, 0.25) is 0 Å². The van der Waals surface area contributed by atoms with E-state index in [-0.39, 0.29) is 12.4 Å². The number of ether oxygens (including phenoxy) is 4. The van der Waals surface area contributed by atoms with Crippen LogP contribution in [0.15, 0.2) is 78.9 Å². The summed E-state index contributed by atoms with van der Waals surface area (Å²) >= 11 is 0. The van der Waals surface area contributed by atoms with E-state index in [4.69, 9.17) is 18.9 Å². The van der Waals surface area contributed by atoms with Crippen molar-refractivity contribution in [3.05, 3.63) is 95.6 Å². The van der Waals surface area contributed by atoms with Crippen LogP contribution >= 0.6 is 0 Å². The van der Waals surface area contributed by atoms with Crippen molar-refractivity contribution in [2.75, 3.05) is 26.4 Å². The molecule has 0 N–H and O–H groups in total. The fourth-order valence-corrected chi connectivity index (χ4v) is 2.92. The Morgan fingerprint density at radius 3 is 2.16 bits per heavy atom. The summed E-state index contributed by atoms with van der Waals surface area (Å²) < 4.78 is 21.6. The first-order chi connectivity index (χ1) is 15.7. The number of hydrogen-bond acceptors (Lipinski definition) is 6. The molecule has 0 radical (unpaired) electrons. The van der Waals surface area contributed by atoms with Gasteiger partial charge < -0.3 is 18.9 Å². The van der Waals surface area contributed by atoms with Crippen LogP contribution in [0, 0.1) is 0 Å². The van der Waals surface area contributed by atoms with Gasteiger partial charge in [-0.25, -0.2) is 9.59 Å². The third-order valence-corrected chi connectivity index (χ3v) is 4.52. The van der Waals surface area contributed by atoms with E-state index in [0.717, 1.165) is 5.56 Å². The minimum atomic E-state index is -0.546. The number of carbonyl (C=O) groups is 2. The molecule has 166 valence electrons. The van der Waals surface area contributed by atoms with Crippen LogP contribution in [0.1, 0.15) is 33.2 Å². The zero-order chi connectivity index (χ0) is 22.6. The predicted molar refractivity (Wildman–Crippen MR) is 120 cm³/mol. The average molecular weight is 434 g/mol. The second kappa shape index (κ2) is 12.3. The summed E-state index contributed by atoms with van der Waals surface area (Å²) in [6.07, 6.45) is 0.629. The van der Waals surface area contributed by atoms with E-state index >= 15 is 0 Å². The molecule has 0 spiro atoms. The minimum Gasteiger partial charge on any atom is -0.491 e. The van der Waals surface area contributed by atoms with Gasteiger partial charge in [0.05, 0.1) is 24.3 Å². The number of rotatable bonds is 11. The fourth-order valence-electron chi connectivity index (χ4n) is 2.92. The standard InChI is InChI=1S/C26H26O6/c1-2-29-16-17-30-23-12-6-11-22(18-23)26(28)32-24-13-7-10-21(19-24)25(27)31-15-14-20-8-4-3-5-9-20/h3-13,18-19H,2,14-17H2,1H3. The molecule has 3 rings (SSSR count). The van der Waals surface area contributed by atoms with Crippen molar-refractivity contribution in [2.45, 2.75) is 13.3 Å². The first-order valence-electron chi connectivity index (χ1n) is 10.5. The molecule has 6 heteroatoms. The molecule has 32 heavy (non-hydrogen) atoms.